The molecule has 0 atom stereocenters. The Morgan fingerprint density at radius 1 is 1.37 bits per heavy atom. The molecule has 19 heavy (non-hydrogen) atoms. The van der Waals surface area contributed by atoms with Crippen LogP contribution in [0.4, 0.5) is 0 Å². The second-order valence-corrected chi connectivity index (χ2v) is 5.34. The molecule has 6 nitrogen and oxygen atoms in total. The number of rotatable bonds is 6. The normalized spacial score (nSPS) is 11.1. The standard InChI is InChI=1S/C13H21N3O3/c1-8(2)6-16(7-12(17)18)13(19)11-5-10(9(3)4)14-15-11/h5,8-9H,6-7H2,1-4H3,(H,14,15)(H,17,18). The average Bonchev–Trinajstić information content (AvgIpc) is 2.75. The molecule has 0 radical (unpaired) electrons. The maximum atomic E-state index is 12.2. The lowest BCUT2D eigenvalue weighted by Gasteiger charge is -2.21. The summed E-state index contributed by atoms with van der Waals surface area (Å²) < 4.78 is 0. The van der Waals surface area contributed by atoms with Crippen molar-refractivity contribution in [3.8, 4) is 0 Å². The number of aliphatic carboxylic acids is 1. The number of hydrogen-bond acceptors (Lipinski definition) is 3. The first-order valence-electron chi connectivity index (χ1n) is 6.37. The van der Waals surface area contributed by atoms with Crippen LogP contribution in [0.3, 0.4) is 0 Å². The van der Waals surface area contributed by atoms with Crippen LogP contribution in [0.15, 0.2) is 6.07 Å². The summed E-state index contributed by atoms with van der Waals surface area (Å²) in [6, 6.07) is 1.68. The fourth-order valence-electron chi connectivity index (χ4n) is 1.73. The van der Waals surface area contributed by atoms with Crippen molar-refractivity contribution < 1.29 is 14.7 Å². The largest absolute Gasteiger partial charge is 0.480 e. The molecule has 0 bridgehead atoms. The summed E-state index contributed by atoms with van der Waals surface area (Å²) in [4.78, 5) is 24.4. The van der Waals surface area contributed by atoms with E-state index in [1.54, 1.807) is 6.07 Å². The van der Waals surface area contributed by atoms with E-state index < -0.39 is 5.97 Å². The van der Waals surface area contributed by atoms with E-state index in [2.05, 4.69) is 10.2 Å². The van der Waals surface area contributed by atoms with Gasteiger partial charge in [0, 0.05) is 12.2 Å². The second-order valence-electron chi connectivity index (χ2n) is 5.34. The number of hydrogen-bond donors (Lipinski definition) is 2. The van der Waals surface area contributed by atoms with Crippen molar-refractivity contribution in [2.75, 3.05) is 13.1 Å². The Morgan fingerprint density at radius 3 is 2.42 bits per heavy atom. The minimum Gasteiger partial charge on any atom is -0.480 e. The minimum absolute atomic E-state index is 0.201. The zero-order valence-electron chi connectivity index (χ0n) is 11.8. The van der Waals surface area contributed by atoms with E-state index in [-0.39, 0.29) is 30.0 Å². The topological polar surface area (TPSA) is 86.3 Å². The summed E-state index contributed by atoms with van der Waals surface area (Å²) >= 11 is 0. The Morgan fingerprint density at radius 2 is 2.00 bits per heavy atom. The number of amides is 1. The Kier molecular flexibility index (Phi) is 5.09. The van der Waals surface area contributed by atoms with Crippen molar-refractivity contribution in [2.45, 2.75) is 33.6 Å². The quantitative estimate of drug-likeness (QED) is 0.821. The third-order valence-corrected chi connectivity index (χ3v) is 2.64. The van der Waals surface area contributed by atoms with Crippen LogP contribution in [0.2, 0.25) is 0 Å². The molecule has 0 aliphatic rings. The smallest absolute Gasteiger partial charge is 0.323 e. The molecule has 6 heteroatoms. The molecule has 1 rings (SSSR count). The number of nitrogens with zero attached hydrogens (tertiary/aromatic N) is 2. The number of nitrogens with one attached hydrogen (secondary N) is 1. The van der Waals surface area contributed by atoms with Crippen molar-refractivity contribution in [1.29, 1.82) is 0 Å². The molecule has 1 aromatic rings. The molecule has 0 fully saturated rings. The number of aromatic amines is 1. The van der Waals surface area contributed by atoms with E-state index in [9.17, 15) is 9.59 Å². The number of carbonyl (C=O) groups is 2. The van der Waals surface area contributed by atoms with Crippen LogP contribution >= 0.6 is 0 Å². The van der Waals surface area contributed by atoms with Gasteiger partial charge in [-0.05, 0) is 17.9 Å². The van der Waals surface area contributed by atoms with Crippen molar-refractivity contribution in [1.82, 2.24) is 15.1 Å². The summed E-state index contributed by atoms with van der Waals surface area (Å²) in [5.41, 5.74) is 1.13. The molecule has 2 N–H and O–H groups in total. The number of carbonyl (C=O) groups excluding carboxylic acids is 1. The van der Waals surface area contributed by atoms with Gasteiger partial charge < -0.3 is 10.0 Å². The molecule has 0 aliphatic carbocycles. The van der Waals surface area contributed by atoms with Crippen molar-refractivity contribution in [3.05, 3.63) is 17.5 Å². The molecule has 0 unspecified atom stereocenters. The van der Waals surface area contributed by atoms with Gasteiger partial charge in [0.05, 0.1) is 0 Å². The highest BCUT2D eigenvalue weighted by Gasteiger charge is 2.22. The van der Waals surface area contributed by atoms with Gasteiger partial charge in [0.1, 0.15) is 12.2 Å². The highest BCUT2D eigenvalue weighted by atomic mass is 16.4. The van der Waals surface area contributed by atoms with Gasteiger partial charge in [-0.1, -0.05) is 27.7 Å². The Labute approximate surface area is 112 Å². The molecule has 1 heterocycles. The molecule has 0 spiro atoms. The highest BCUT2D eigenvalue weighted by molar-refractivity contribution is 5.94. The lowest BCUT2D eigenvalue weighted by molar-refractivity contribution is -0.137. The van der Waals surface area contributed by atoms with Gasteiger partial charge >= 0.3 is 5.97 Å². The van der Waals surface area contributed by atoms with E-state index in [0.717, 1.165) is 5.69 Å². The Bertz CT molecular complexity index is 452. The van der Waals surface area contributed by atoms with Gasteiger partial charge in [0.25, 0.3) is 5.91 Å². The molecular formula is C13H21N3O3. The number of H-pyrrole nitrogens is 1. The monoisotopic (exact) mass is 267 g/mol. The second kappa shape index (κ2) is 6.36. The predicted octanol–water partition coefficient (Wildman–Crippen LogP) is 1.72. The van der Waals surface area contributed by atoms with Gasteiger partial charge in [-0.25, -0.2) is 0 Å². The van der Waals surface area contributed by atoms with Gasteiger partial charge in [-0.3, -0.25) is 14.7 Å². The van der Waals surface area contributed by atoms with Crippen LogP contribution in [0.1, 0.15) is 49.8 Å². The summed E-state index contributed by atoms with van der Waals surface area (Å²) in [6.07, 6.45) is 0. The molecule has 0 saturated carbocycles. The van der Waals surface area contributed by atoms with E-state index in [4.69, 9.17) is 5.11 Å². The first-order chi connectivity index (χ1) is 8.81. The van der Waals surface area contributed by atoms with Crippen molar-refractivity contribution in [2.24, 2.45) is 5.92 Å². The van der Waals surface area contributed by atoms with Crippen LogP contribution in [0, 0.1) is 5.92 Å². The molecular weight excluding hydrogens is 246 g/mol. The van der Waals surface area contributed by atoms with Crippen LogP contribution in [0.5, 0.6) is 0 Å². The molecule has 0 aliphatic heterocycles. The van der Waals surface area contributed by atoms with E-state index >= 15 is 0 Å². The maximum Gasteiger partial charge on any atom is 0.323 e. The maximum absolute atomic E-state index is 12.2. The molecule has 0 saturated heterocycles. The van der Waals surface area contributed by atoms with Crippen LogP contribution < -0.4 is 0 Å². The lowest BCUT2D eigenvalue weighted by Crippen LogP contribution is -2.38. The summed E-state index contributed by atoms with van der Waals surface area (Å²) in [5.74, 6) is -0.924. The summed E-state index contributed by atoms with van der Waals surface area (Å²) in [6.45, 7) is 7.95. The minimum atomic E-state index is -1.02. The number of carboxylic acid groups (broad SMARTS) is 1. The fourth-order valence-corrected chi connectivity index (χ4v) is 1.73. The molecule has 1 aromatic heterocycles. The fraction of sp³-hybridized carbons (Fsp3) is 0.615. The molecule has 0 aromatic carbocycles. The number of aromatic nitrogens is 2. The van der Waals surface area contributed by atoms with Gasteiger partial charge in [0.15, 0.2) is 0 Å². The summed E-state index contributed by atoms with van der Waals surface area (Å²) in [5, 5.41) is 15.6. The van der Waals surface area contributed by atoms with Crippen molar-refractivity contribution in [3.63, 3.8) is 0 Å². The molecule has 106 valence electrons. The first kappa shape index (κ1) is 15.2. The van der Waals surface area contributed by atoms with Gasteiger partial charge in [-0.15, -0.1) is 0 Å². The Hall–Kier alpha value is -1.85. The lowest BCUT2D eigenvalue weighted by atomic mass is 10.1. The third-order valence-electron chi connectivity index (χ3n) is 2.64. The van der Waals surface area contributed by atoms with Crippen LogP contribution in [-0.4, -0.2) is 45.2 Å². The Balaban J connectivity index is 2.87. The first-order valence-corrected chi connectivity index (χ1v) is 6.37. The van der Waals surface area contributed by atoms with E-state index in [1.165, 1.54) is 4.90 Å². The van der Waals surface area contributed by atoms with Crippen LogP contribution in [0.25, 0.3) is 0 Å². The third kappa shape index (κ3) is 4.39. The van der Waals surface area contributed by atoms with E-state index in [0.29, 0.717) is 6.54 Å². The zero-order valence-corrected chi connectivity index (χ0v) is 11.8. The highest BCUT2D eigenvalue weighted by Crippen LogP contribution is 2.13. The van der Waals surface area contributed by atoms with Crippen molar-refractivity contribution >= 4 is 11.9 Å². The molecule has 1 amide bonds. The van der Waals surface area contributed by atoms with Crippen LogP contribution in [-0.2, 0) is 4.79 Å². The number of carboxylic acids is 1. The predicted molar refractivity (Wildman–Crippen MR) is 71.1 cm³/mol. The summed E-state index contributed by atoms with van der Waals surface area (Å²) in [7, 11) is 0. The zero-order chi connectivity index (χ0) is 14.6. The van der Waals surface area contributed by atoms with Gasteiger partial charge in [-0.2, -0.15) is 5.10 Å². The van der Waals surface area contributed by atoms with Gasteiger partial charge in [0.2, 0.25) is 0 Å². The SMILES string of the molecule is CC(C)CN(CC(=O)O)C(=O)c1cc(C(C)C)[nH]n1. The van der Waals surface area contributed by atoms with E-state index in [1.807, 2.05) is 27.7 Å². The average molecular weight is 267 g/mol.